The summed E-state index contributed by atoms with van der Waals surface area (Å²) in [6, 6.07) is 6.96. The molecule has 0 saturated heterocycles. The molecule has 2 heterocycles. The van der Waals surface area contributed by atoms with Crippen LogP contribution in [0.2, 0.25) is 0 Å². The fourth-order valence-corrected chi connectivity index (χ4v) is 2.18. The number of nitrogens with zero attached hydrogens (tertiary/aromatic N) is 1. The average Bonchev–Trinajstić information content (AvgIpc) is 2.98. The summed E-state index contributed by atoms with van der Waals surface area (Å²) >= 11 is 0. The van der Waals surface area contributed by atoms with Crippen LogP contribution in [0.4, 0.5) is 10.1 Å². The van der Waals surface area contributed by atoms with Crippen LogP contribution in [-0.4, -0.2) is 25.6 Å². The number of esters is 1. The van der Waals surface area contributed by atoms with Crippen molar-refractivity contribution in [3.05, 3.63) is 47.7 Å². The summed E-state index contributed by atoms with van der Waals surface area (Å²) in [5.41, 5.74) is 0.326. The predicted octanol–water partition coefficient (Wildman–Crippen LogP) is 2.13. The number of hydrogen-bond acceptors (Lipinski definition) is 5. The summed E-state index contributed by atoms with van der Waals surface area (Å²) in [6.07, 6.45) is 0. The molecule has 0 saturated carbocycles. The molecule has 0 fully saturated rings. The van der Waals surface area contributed by atoms with E-state index in [0.29, 0.717) is 17.2 Å². The Hall–Kier alpha value is -2.83. The van der Waals surface area contributed by atoms with Crippen LogP contribution in [-0.2, 0) is 16.1 Å². The van der Waals surface area contributed by atoms with Gasteiger partial charge in [-0.3, -0.25) is 9.69 Å². The fraction of sp³-hybridized carbons (Fsp3) is 0.200. The third-order valence-electron chi connectivity index (χ3n) is 3.23. The molecule has 0 radical (unpaired) electrons. The number of amides is 1. The standard InChI is InChI=1S/C15H12FNO5/c1-20-15(19)13-5-3-10(22-13)7-17-11-6-9(16)2-4-12(11)21-8-14(17)18/h2-6H,7-8H2,1H3. The van der Waals surface area contributed by atoms with Crippen molar-refractivity contribution in [3.8, 4) is 5.75 Å². The predicted molar refractivity (Wildman–Crippen MR) is 73.1 cm³/mol. The van der Waals surface area contributed by atoms with Crippen LogP contribution < -0.4 is 9.64 Å². The molecule has 3 rings (SSSR count). The van der Waals surface area contributed by atoms with Crippen molar-refractivity contribution >= 4 is 17.6 Å². The van der Waals surface area contributed by atoms with Crippen LogP contribution in [0.1, 0.15) is 16.3 Å². The van der Waals surface area contributed by atoms with Gasteiger partial charge >= 0.3 is 5.97 Å². The van der Waals surface area contributed by atoms with E-state index in [-0.39, 0.29) is 24.8 Å². The van der Waals surface area contributed by atoms with E-state index < -0.39 is 11.8 Å². The first-order valence-electron chi connectivity index (χ1n) is 6.48. The molecule has 2 aromatic rings. The van der Waals surface area contributed by atoms with E-state index in [1.807, 2.05) is 0 Å². The number of benzene rings is 1. The third-order valence-corrected chi connectivity index (χ3v) is 3.23. The van der Waals surface area contributed by atoms with Gasteiger partial charge in [-0.25, -0.2) is 9.18 Å². The SMILES string of the molecule is COC(=O)c1ccc(CN2C(=O)COc3ccc(F)cc32)o1. The number of rotatable bonds is 3. The number of hydrogen-bond donors (Lipinski definition) is 0. The molecule has 22 heavy (non-hydrogen) atoms. The molecule has 0 bridgehead atoms. The number of carbonyl (C=O) groups excluding carboxylic acids is 2. The largest absolute Gasteiger partial charge is 0.482 e. The van der Waals surface area contributed by atoms with E-state index in [1.165, 1.54) is 36.3 Å². The Morgan fingerprint density at radius 3 is 2.95 bits per heavy atom. The summed E-state index contributed by atoms with van der Waals surface area (Å²) in [5, 5.41) is 0. The van der Waals surface area contributed by atoms with Gasteiger partial charge in [-0.1, -0.05) is 0 Å². The number of fused-ring (bicyclic) bond motifs is 1. The van der Waals surface area contributed by atoms with Crippen molar-refractivity contribution in [1.82, 2.24) is 0 Å². The van der Waals surface area contributed by atoms with Gasteiger partial charge in [0.1, 0.15) is 17.3 Å². The van der Waals surface area contributed by atoms with Crippen LogP contribution in [0.3, 0.4) is 0 Å². The highest BCUT2D eigenvalue weighted by Crippen LogP contribution is 2.33. The molecule has 1 aromatic heterocycles. The number of anilines is 1. The summed E-state index contributed by atoms with van der Waals surface area (Å²) in [4.78, 5) is 24.7. The molecular formula is C15H12FNO5. The van der Waals surface area contributed by atoms with E-state index in [1.54, 1.807) is 6.07 Å². The van der Waals surface area contributed by atoms with Crippen molar-refractivity contribution in [2.24, 2.45) is 0 Å². The number of ether oxygens (including phenoxy) is 2. The monoisotopic (exact) mass is 305 g/mol. The van der Waals surface area contributed by atoms with Crippen molar-refractivity contribution < 1.29 is 27.9 Å². The van der Waals surface area contributed by atoms with Crippen LogP contribution in [0.15, 0.2) is 34.7 Å². The maximum Gasteiger partial charge on any atom is 0.373 e. The second-order valence-corrected chi connectivity index (χ2v) is 4.64. The lowest BCUT2D eigenvalue weighted by Crippen LogP contribution is -2.38. The highest BCUT2D eigenvalue weighted by Gasteiger charge is 2.27. The molecule has 0 N–H and O–H groups in total. The second kappa shape index (κ2) is 5.51. The first kappa shape index (κ1) is 14.1. The normalized spacial score (nSPS) is 13.5. The lowest BCUT2D eigenvalue weighted by Gasteiger charge is -2.28. The molecule has 1 amide bonds. The zero-order valence-electron chi connectivity index (χ0n) is 11.7. The zero-order chi connectivity index (χ0) is 15.7. The highest BCUT2D eigenvalue weighted by atomic mass is 19.1. The van der Waals surface area contributed by atoms with E-state index in [4.69, 9.17) is 9.15 Å². The summed E-state index contributed by atoms with van der Waals surface area (Å²) in [7, 11) is 1.25. The molecule has 114 valence electrons. The number of halogens is 1. The molecule has 6 nitrogen and oxygen atoms in total. The first-order chi connectivity index (χ1) is 10.6. The second-order valence-electron chi connectivity index (χ2n) is 4.64. The molecule has 0 spiro atoms. The maximum atomic E-state index is 13.4. The Morgan fingerprint density at radius 1 is 1.36 bits per heavy atom. The Bertz CT molecular complexity index is 739. The van der Waals surface area contributed by atoms with E-state index >= 15 is 0 Å². The van der Waals surface area contributed by atoms with Crippen molar-refractivity contribution in [3.63, 3.8) is 0 Å². The Balaban J connectivity index is 1.89. The molecular weight excluding hydrogens is 293 g/mol. The molecule has 1 aliphatic rings. The van der Waals surface area contributed by atoms with Gasteiger partial charge in [0.15, 0.2) is 6.61 Å². The topological polar surface area (TPSA) is 69.0 Å². The summed E-state index contributed by atoms with van der Waals surface area (Å²) in [6.45, 7) is -0.0706. The molecule has 1 aromatic carbocycles. The first-order valence-corrected chi connectivity index (χ1v) is 6.48. The van der Waals surface area contributed by atoms with Crippen LogP contribution in [0.5, 0.6) is 5.75 Å². The van der Waals surface area contributed by atoms with Crippen molar-refractivity contribution in [2.45, 2.75) is 6.54 Å². The maximum absolute atomic E-state index is 13.4. The van der Waals surface area contributed by atoms with Gasteiger partial charge in [0, 0.05) is 6.07 Å². The Morgan fingerprint density at radius 2 is 2.18 bits per heavy atom. The lowest BCUT2D eigenvalue weighted by atomic mass is 10.2. The van der Waals surface area contributed by atoms with Gasteiger partial charge < -0.3 is 13.9 Å². The van der Waals surface area contributed by atoms with E-state index in [9.17, 15) is 14.0 Å². The highest BCUT2D eigenvalue weighted by molar-refractivity contribution is 5.97. The molecule has 1 aliphatic heterocycles. The molecule has 0 atom stereocenters. The number of furan rings is 1. The minimum absolute atomic E-state index is 0.0395. The van der Waals surface area contributed by atoms with Gasteiger partial charge in [0.25, 0.3) is 5.91 Å². The zero-order valence-corrected chi connectivity index (χ0v) is 11.7. The lowest BCUT2D eigenvalue weighted by molar-refractivity contribution is -0.121. The van der Waals surface area contributed by atoms with Gasteiger partial charge in [0.2, 0.25) is 5.76 Å². The van der Waals surface area contributed by atoms with E-state index in [2.05, 4.69) is 4.74 Å². The summed E-state index contributed by atoms with van der Waals surface area (Å²) < 4.78 is 28.5. The fourth-order valence-electron chi connectivity index (χ4n) is 2.18. The number of carbonyl (C=O) groups is 2. The Kier molecular flexibility index (Phi) is 3.54. The quantitative estimate of drug-likeness (QED) is 0.813. The van der Waals surface area contributed by atoms with Crippen LogP contribution >= 0.6 is 0 Å². The van der Waals surface area contributed by atoms with Crippen LogP contribution in [0, 0.1) is 5.82 Å². The minimum Gasteiger partial charge on any atom is -0.482 e. The average molecular weight is 305 g/mol. The molecule has 0 unspecified atom stereocenters. The van der Waals surface area contributed by atoms with Crippen molar-refractivity contribution in [2.75, 3.05) is 18.6 Å². The van der Waals surface area contributed by atoms with Gasteiger partial charge in [-0.2, -0.15) is 0 Å². The summed E-state index contributed by atoms with van der Waals surface area (Å²) in [5.74, 6) is -0.568. The Labute approximate surface area is 125 Å². The van der Waals surface area contributed by atoms with Crippen LogP contribution in [0.25, 0.3) is 0 Å². The van der Waals surface area contributed by atoms with E-state index in [0.717, 1.165) is 0 Å². The smallest absolute Gasteiger partial charge is 0.373 e. The van der Waals surface area contributed by atoms with Gasteiger partial charge in [-0.05, 0) is 24.3 Å². The van der Waals surface area contributed by atoms with Gasteiger partial charge in [0.05, 0.1) is 19.3 Å². The third kappa shape index (κ3) is 2.52. The number of methoxy groups -OCH3 is 1. The molecule has 7 heteroatoms. The van der Waals surface area contributed by atoms with Crippen molar-refractivity contribution in [1.29, 1.82) is 0 Å². The molecule has 0 aliphatic carbocycles. The van der Waals surface area contributed by atoms with Gasteiger partial charge in [-0.15, -0.1) is 0 Å². The minimum atomic E-state index is -0.606.